The number of ether oxygens (including phenoxy) is 1. The van der Waals surface area contributed by atoms with Gasteiger partial charge in [-0.25, -0.2) is 9.78 Å². The Kier molecular flexibility index (Phi) is 7.30. The van der Waals surface area contributed by atoms with Gasteiger partial charge >= 0.3 is 6.09 Å². The molecule has 9 nitrogen and oxygen atoms in total. The van der Waals surface area contributed by atoms with Gasteiger partial charge in [0, 0.05) is 0 Å². The van der Waals surface area contributed by atoms with Crippen LogP contribution in [0.5, 0.6) is 0 Å². The Bertz CT molecular complexity index is 819. The second-order valence-corrected chi connectivity index (χ2v) is 8.12. The van der Waals surface area contributed by atoms with E-state index < -0.39 is 17.7 Å². The largest absolute Gasteiger partial charge is 0.459 e. The molecule has 160 valence electrons. The smallest absolute Gasteiger partial charge is 0.408 e. The van der Waals surface area contributed by atoms with Crippen LogP contribution in [0.15, 0.2) is 32.4 Å². The number of aromatic nitrogens is 1. The molecule has 0 saturated heterocycles. The van der Waals surface area contributed by atoms with E-state index in [4.69, 9.17) is 24.1 Å². The number of alkyl carbamates (subject to hydrolysis) is 1. The summed E-state index contributed by atoms with van der Waals surface area (Å²) in [5, 5.41) is 6.70. The molecule has 0 bridgehead atoms. The number of rotatable bonds is 8. The van der Waals surface area contributed by atoms with Gasteiger partial charge in [0.2, 0.25) is 0 Å². The Balaban J connectivity index is 2.00. The molecule has 0 aromatic carbocycles. The van der Waals surface area contributed by atoms with Gasteiger partial charge in [0.1, 0.15) is 17.1 Å². The second-order valence-electron chi connectivity index (χ2n) is 8.12. The highest BCUT2D eigenvalue weighted by Gasteiger charge is 2.23. The first-order valence-corrected chi connectivity index (χ1v) is 9.50. The van der Waals surface area contributed by atoms with Crippen LogP contribution < -0.4 is 11.1 Å². The molecular weight excluding hydrogens is 376 g/mol. The lowest BCUT2D eigenvalue weighted by Crippen LogP contribution is -2.47. The zero-order chi connectivity index (χ0) is 21.6. The van der Waals surface area contributed by atoms with Crippen LogP contribution in [0.3, 0.4) is 0 Å². The first-order chi connectivity index (χ1) is 13.5. The van der Waals surface area contributed by atoms with Crippen molar-refractivity contribution < 1.29 is 23.2 Å². The molecule has 2 heterocycles. The van der Waals surface area contributed by atoms with Gasteiger partial charge in [-0.1, -0.05) is 19.0 Å². The average Bonchev–Trinajstić information content (AvgIpc) is 3.22. The number of oxazole rings is 1. The van der Waals surface area contributed by atoms with E-state index in [1.807, 2.05) is 13.8 Å². The lowest BCUT2D eigenvalue weighted by Gasteiger charge is -2.24. The van der Waals surface area contributed by atoms with Crippen LogP contribution in [0.1, 0.15) is 52.5 Å². The summed E-state index contributed by atoms with van der Waals surface area (Å²) in [6, 6.07) is 3.00. The number of nitrogens with two attached hydrogens (primary N) is 1. The third-order valence-corrected chi connectivity index (χ3v) is 3.75. The number of hydrogen-bond donors (Lipinski definition) is 2. The van der Waals surface area contributed by atoms with Crippen molar-refractivity contribution in [2.45, 2.75) is 66.2 Å². The van der Waals surface area contributed by atoms with Crippen molar-refractivity contribution >= 4 is 11.9 Å². The summed E-state index contributed by atoms with van der Waals surface area (Å²) in [5.74, 6) is 1.92. The Labute approximate surface area is 170 Å². The number of carbonyl (C=O) groups is 1. The van der Waals surface area contributed by atoms with E-state index in [1.54, 1.807) is 46.1 Å². The Morgan fingerprint density at radius 3 is 2.69 bits per heavy atom. The molecule has 0 radical (unpaired) electrons. The molecule has 0 fully saturated rings. The van der Waals surface area contributed by atoms with Crippen LogP contribution in [0.25, 0.3) is 11.7 Å². The molecule has 2 aromatic rings. The first-order valence-electron chi connectivity index (χ1n) is 9.50. The van der Waals surface area contributed by atoms with Crippen molar-refractivity contribution in [1.82, 2.24) is 10.3 Å². The maximum atomic E-state index is 12.1. The van der Waals surface area contributed by atoms with E-state index in [0.717, 1.165) is 0 Å². The van der Waals surface area contributed by atoms with Crippen LogP contribution >= 0.6 is 0 Å². The molecule has 2 rings (SSSR count). The number of carbonyl (C=O) groups excluding carboxylic acids is 1. The van der Waals surface area contributed by atoms with Gasteiger partial charge in [0.15, 0.2) is 18.2 Å². The number of amidine groups is 1. The molecule has 0 saturated carbocycles. The monoisotopic (exact) mass is 406 g/mol. The second kappa shape index (κ2) is 9.49. The average molecular weight is 406 g/mol. The summed E-state index contributed by atoms with van der Waals surface area (Å²) >= 11 is 0. The molecule has 29 heavy (non-hydrogen) atoms. The Hall–Kier alpha value is -2.97. The van der Waals surface area contributed by atoms with Crippen molar-refractivity contribution in [1.29, 1.82) is 0 Å². The number of oxime groups is 1. The SMILES string of the molecule is Cc1oc(-c2ccco2)nc1CO/N=C(\N)C(CC(C)C)NC(=O)OC(C)(C)C. The minimum Gasteiger partial charge on any atom is -0.459 e. The van der Waals surface area contributed by atoms with Gasteiger partial charge in [0.25, 0.3) is 5.89 Å². The Morgan fingerprint density at radius 1 is 1.38 bits per heavy atom. The molecule has 2 aromatic heterocycles. The van der Waals surface area contributed by atoms with Crippen molar-refractivity contribution in [2.75, 3.05) is 0 Å². The van der Waals surface area contributed by atoms with Crippen LogP contribution in [-0.2, 0) is 16.2 Å². The molecule has 0 aliphatic rings. The van der Waals surface area contributed by atoms with E-state index in [2.05, 4.69) is 15.5 Å². The zero-order valence-corrected chi connectivity index (χ0v) is 17.8. The predicted octanol–water partition coefficient (Wildman–Crippen LogP) is 3.97. The third kappa shape index (κ3) is 7.17. The summed E-state index contributed by atoms with van der Waals surface area (Å²) in [7, 11) is 0. The lowest BCUT2D eigenvalue weighted by atomic mass is 10.0. The molecule has 1 atom stereocenters. The quantitative estimate of drug-likeness (QED) is 0.386. The van der Waals surface area contributed by atoms with Crippen LogP contribution in [0.4, 0.5) is 4.79 Å². The number of hydrogen-bond acceptors (Lipinski definition) is 7. The standard InChI is InChI=1S/C20H30N4O5/c1-12(2)10-14(23-19(25)29-20(4,5)6)17(21)24-27-11-15-13(3)28-18(22-15)16-8-7-9-26-16/h7-9,12,14H,10-11H2,1-6H3,(H2,21,24)(H,23,25). The van der Waals surface area contributed by atoms with E-state index in [1.165, 1.54) is 0 Å². The number of nitrogens with one attached hydrogen (secondary N) is 1. The highest BCUT2D eigenvalue weighted by molar-refractivity contribution is 5.88. The fourth-order valence-electron chi connectivity index (χ4n) is 2.47. The summed E-state index contributed by atoms with van der Waals surface area (Å²) in [6.45, 7) is 11.3. The summed E-state index contributed by atoms with van der Waals surface area (Å²) in [4.78, 5) is 21.8. The van der Waals surface area contributed by atoms with E-state index in [0.29, 0.717) is 29.5 Å². The topological polar surface area (TPSA) is 125 Å². The number of nitrogens with zero attached hydrogens (tertiary/aromatic N) is 2. The molecule has 1 unspecified atom stereocenters. The molecule has 9 heteroatoms. The molecule has 0 aliphatic heterocycles. The summed E-state index contributed by atoms with van der Waals surface area (Å²) in [5.41, 5.74) is 6.03. The zero-order valence-electron chi connectivity index (χ0n) is 17.8. The van der Waals surface area contributed by atoms with Gasteiger partial charge in [0.05, 0.1) is 12.3 Å². The van der Waals surface area contributed by atoms with Gasteiger partial charge in [-0.3, -0.25) is 0 Å². The first kappa shape index (κ1) is 22.3. The summed E-state index contributed by atoms with van der Waals surface area (Å²) in [6.07, 6.45) is 1.57. The van der Waals surface area contributed by atoms with Crippen LogP contribution in [-0.4, -0.2) is 28.6 Å². The van der Waals surface area contributed by atoms with Crippen LogP contribution in [0.2, 0.25) is 0 Å². The molecule has 0 aliphatic carbocycles. The fourth-order valence-corrected chi connectivity index (χ4v) is 2.47. The van der Waals surface area contributed by atoms with Gasteiger partial charge in [-0.15, -0.1) is 0 Å². The van der Waals surface area contributed by atoms with Crippen LogP contribution in [0, 0.1) is 12.8 Å². The summed E-state index contributed by atoms with van der Waals surface area (Å²) < 4.78 is 16.1. The minimum absolute atomic E-state index is 0.0670. The third-order valence-electron chi connectivity index (χ3n) is 3.75. The molecule has 1 amide bonds. The van der Waals surface area contributed by atoms with Gasteiger partial charge in [-0.2, -0.15) is 0 Å². The highest BCUT2D eigenvalue weighted by Crippen LogP contribution is 2.22. The normalized spacial score (nSPS) is 13.4. The van der Waals surface area contributed by atoms with E-state index in [-0.39, 0.29) is 18.4 Å². The molecular formula is C20H30N4O5. The molecule has 0 spiro atoms. The predicted molar refractivity (Wildman–Crippen MR) is 108 cm³/mol. The van der Waals surface area contributed by atoms with Crippen molar-refractivity contribution in [2.24, 2.45) is 16.8 Å². The Morgan fingerprint density at radius 2 is 2.10 bits per heavy atom. The number of aryl methyl sites for hydroxylation is 1. The highest BCUT2D eigenvalue weighted by atomic mass is 16.6. The van der Waals surface area contributed by atoms with Gasteiger partial charge < -0.3 is 29.5 Å². The van der Waals surface area contributed by atoms with E-state index in [9.17, 15) is 4.79 Å². The maximum Gasteiger partial charge on any atom is 0.408 e. The van der Waals surface area contributed by atoms with Gasteiger partial charge in [-0.05, 0) is 52.2 Å². The molecule has 3 N–H and O–H groups in total. The maximum absolute atomic E-state index is 12.1. The van der Waals surface area contributed by atoms with Crippen molar-refractivity contribution in [3.05, 3.63) is 29.9 Å². The fraction of sp³-hybridized carbons (Fsp3) is 0.550. The number of amides is 1. The number of furan rings is 1. The van der Waals surface area contributed by atoms with E-state index >= 15 is 0 Å². The minimum atomic E-state index is -0.606. The lowest BCUT2D eigenvalue weighted by molar-refractivity contribution is 0.0512. The van der Waals surface area contributed by atoms with Crippen molar-refractivity contribution in [3.8, 4) is 11.7 Å². The van der Waals surface area contributed by atoms with Crippen molar-refractivity contribution in [3.63, 3.8) is 0 Å².